The highest BCUT2D eigenvalue weighted by atomic mass is 16.2. The van der Waals surface area contributed by atoms with Crippen molar-refractivity contribution < 1.29 is 9.59 Å². The molecule has 0 radical (unpaired) electrons. The molecule has 4 heteroatoms. The van der Waals surface area contributed by atoms with E-state index in [1.54, 1.807) is 7.05 Å². The van der Waals surface area contributed by atoms with Crippen molar-refractivity contribution in [2.45, 2.75) is 13.3 Å². The second kappa shape index (κ2) is 7.41. The van der Waals surface area contributed by atoms with Gasteiger partial charge in [0.25, 0.3) is 0 Å². The van der Waals surface area contributed by atoms with Gasteiger partial charge in [0.1, 0.15) is 0 Å². The molecule has 2 rings (SSSR count). The van der Waals surface area contributed by atoms with E-state index in [1.165, 1.54) is 4.90 Å². The highest BCUT2D eigenvalue weighted by Gasteiger charge is 2.11. The van der Waals surface area contributed by atoms with Crippen LogP contribution in [0.2, 0.25) is 0 Å². The number of anilines is 1. The van der Waals surface area contributed by atoms with Crippen LogP contribution in [0.4, 0.5) is 10.5 Å². The minimum atomic E-state index is -0.220. The Labute approximate surface area is 130 Å². The Morgan fingerprint density at radius 2 is 1.64 bits per heavy atom. The molecule has 114 valence electrons. The van der Waals surface area contributed by atoms with Crippen LogP contribution in [0.15, 0.2) is 54.6 Å². The van der Waals surface area contributed by atoms with Crippen LogP contribution in [-0.2, 0) is 0 Å². The van der Waals surface area contributed by atoms with Gasteiger partial charge in [0.2, 0.25) is 0 Å². The molecule has 0 aliphatic heterocycles. The van der Waals surface area contributed by atoms with Gasteiger partial charge in [-0.2, -0.15) is 0 Å². The van der Waals surface area contributed by atoms with E-state index in [4.69, 9.17) is 0 Å². The first-order chi connectivity index (χ1) is 10.6. The molecule has 0 saturated carbocycles. The summed E-state index contributed by atoms with van der Waals surface area (Å²) in [6.07, 6.45) is 0.289. The quantitative estimate of drug-likeness (QED) is 0.860. The topological polar surface area (TPSA) is 49.4 Å². The van der Waals surface area contributed by atoms with Crippen molar-refractivity contribution in [1.82, 2.24) is 5.32 Å². The lowest BCUT2D eigenvalue weighted by Gasteiger charge is -2.17. The lowest BCUT2D eigenvalue weighted by atomic mass is 10.1. The highest BCUT2D eigenvalue weighted by Crippen LogP contribution is 2.11. The lowest BCUT2D eigenvalue weighted by molar-refractivity contribution is 0.0983. The van der Waals surface area contributed by atoms with Gasteiger partial charge in [-0.05, 0) is 19.1 Å². The second-order valence-corrected chi connectivity index (χ2v) is 5.17. The highest BCUT2D eigenvalue weighted by molar-refractivity contribution is 5.97. The minimum Gasteiger partial charge on any atom is -0.337 e. The first-order valence-electron chi connectivity index (χ1n) is 7.24. The maximum Gasteiger partial charge on any atom is 0.321 e. The number of hydrogen-bond donors (Lipinski definition) is 1. The van der Waals surface area contributed by atoms with E-state index in [-0.39, 0.29) is 18.2 Å². The normalized spacial score (nSPS) is 10.1. The summed E-state index contributed by atoms with van der Waals surface area (Å²) in [6.45, 7) is 2.30. The van der Waals surface area contributed by atoms with Crippen LogP contribution >= 0.6 is 0 Å². The largest absolute Gasteiger partial charge is 0.337 e. The van der Waals surface area contributed by atoms with Crippen LogP contribution in [0, 0.1) is 6.92 Å². The number of carbonyl (C=O) groups excluding carboxylic acids is 2. The van der Waals surface area contributed by atoms with Gasteiger partial charge >= 0.3 is 6.03 Å². The van der Waals surface area contributed by atoms with Crippen LogP contribution in [0.3, 0.4) is 0 Å². The Balaban J connectivity index is 1.82. The second-order valence-electron chi connectivity index (χ2n) is 5.17. The molecule has 0 unspecified atom stereocenters. The number of benzene rings is 2. The number of para-hydroxylation sites is 1. The van der Waals surface area contributed by atoms with Crippen molar-refractivity contribution >= 4 is 17.5 Å². The third kappa shape index (κ3) is 4.19. The summed E-state index contributed by atoms with van der Waals surface area (Å²) >= 11 is 0. The monoisotopic (exact) mass is 296 g/mol. The van der Waals surface area contributed by atoms with E-state index < -0.39 is 0 Å². The van der Waals surface area contributed by atoms with Gasteiger partial charge in [-0.1, -0.05) is 48.0 Å². The Morgan fingerprint density at radius 1 is 1.00 bits per heavy atom. The molecule has 22 heavy (non-hydrogen) atoms. The van der Waals surface area contributed by atoms with Crippen LogP contribution in [0.5, 0.6) is 0 Å². The summed E-state index contributed by atoms with van der Waals surface area (Å²) < 4.78 is 0. The molecule has 1 N–H and O–H groups in total. The van der Waals surface area contributed by atoms with Crippen LogP contribution < -0.4 is 10.2 Å². The average Bonchev–Trinajstić information content (AvgIpc) is 2.55. The fourth-order valence-electron chi connectivity index (χ4n) is 2.05. The molecule has 0 aliphatic carbocycles. The molecule has 0 fully saturated rings. The summed E-state index contributed by atoms with van der Waals surface area (Å²) in [5, 5.41) is 2.76. The molecule has 4 nitrogen and oxygen atoms in total. The van der Waals surface area contributed by atoms with Crippen molar-refractivity contribution in [3.63, 3.8) is 0 Å². The molecule has 0 aliphatic rings. The fourth-order valence-corrected chi connectivity index (χ4v) is 2.05. The standard InChI is InChI=1S/C18H20N2O2/c1-14-8-10-15(11-9-14)17(21)12-13-19-18(22)20(2)16-6-4-3-5-7-16/h3-11H,12-13H2,1-2H3,(H,19,22). The number of urea groups is 1. The summed E-state index contributed by atoms with van der Waals surface area (Å²) in [6, 6.07) is 16.6. The first-order valence-corrected chi connectivity index (χ1v) is 7.24. The maximum atomic E-state index is 12.0. The minimum absolute atomic E-state index is 0.0302. The molecule has 0 atom stereocenters. The molecule has 0 bridgehead atoms. The van der Waals surface area contributed by atoms with Gasteiger partial charge in [0, 0.05) is 31.3 Å². The number of rotatable bonds is 5. The molecule has 0 aromatic heterocycles. The van der Waals surface area contributed by atoms with Crippen molar-refractivity contribution in [3.8, 4) is 0 Å². The zero-order valence-corrected chi connectivity index (χ0v) is 12.9. The molecular formula is C18H20N2O2. The Hall–Kier alpha value is -2.62. The molecule has 0 saturated heterocycles. The number of nitrogens with zero attached hydrogens (tertiary/aromatic N) is 1. The van der Waals surface area contributed by atoms with E-state index in [9.17, 15) is 9.59 Å². The number of carbonyl (C=O) groups is 2. The smallest absolute Gasteiger partial charge is 0.321 e. The average molecular weight is 296 g/mol. The number of hydrogen-bond acceptors (Lipinski definition) is 2. The summed E-state index contributed by atoms with van der Waals surface area (Å²) in [5.74, 6) is 0.0302. The molecule has 2 amide bonds. The van der Waals surface area contributed by atoms with Crippen molar-refractivity contribution in [2.24, 2.45) is 0 Å². The Bertz CT molecular complexity index is 636. The van der Waals surface area contributed by atoms with E-state index in [2.05, 4.69) is 5.32 Å². The van der Waals surface area contributed by atoms with Crippen LogP contribution in [0.1, 0.15) is 22.3 Å². The fraction of sp³-hybridized carbons (Fsp3) is 0.222. The zero-order valence-electron chi connectivity index (χ0n) is 12.9. The Morgan fingerprint density at radius 3 is 2.27 bits per heavy atom. The molecular weight excluding hydrogens is 276 g/mol. The lowest BCUT2D eigenvalue weighted by Crippen LogP contribution is -2.38. The van der Waals surface area contributed by atoms with Crippen molar-refractivity contribution in [2.75, 3.05) is 18.5 Å². The molecule has 2 aromatic rings. The van der Waals surface area contributed by atoms with Gasteiger partial charge in [0.05, 0.1) is 0 Å². The maximum absolute atomic E-state index is 12.0. The van der Waals surface area contributed by atoms with Gasteiger partial charge in [-0.25, -0.2) is 4.79 Å². The first kappa shape index (κ1) is 15.8. The summed E-state index contributed by atoms with van der Waals surface area (Å²) in [4.78, 5) is 25.5. The van der Waals surface area contributed by atoms with Gasteiger partial charge in [0.15, 0.2) is 5.78 Å². The number of Topliss-reactive ketones (excluding diaryl/α,β-unsaturated/α-hetero) is 1. The van der Waals surface area contributed by atoms with Gasteiger partial charge in [-0.15, -0.1) is 0 Å². The molecule has 0 heterocycles. The van der Waals surface area contributed by atoms with Gasteiger partial charge < -0.3 is 5.32 Å². The summed E-state index contributed by atoms with van der Waals surface area (Å²) in [7, 11) is 1.70. The van der Waals surface area contributed by atoms with Crippen LogP contribution in [-0.4, -0.2) is 25.4 Å². The van der Waals surface area contributed by atoms with E-state index >= 15 is 0 Å². The zero-order chi connectivity index (χ0) is 15.9. The van der Waals surface area contributed by atoms with E-state index in [0.29, 0.717) is 12.1 Å². The molecule has 0 spiro atoms. The number of amides is 2. The molecule has 2 aromatic carbocycles. The predicted molar refractivity (Wildman–Crippen MR) is 88.4 cm³/mol. The SMILES string of the molecule is Cc1ccc(C(=O)CCNC(=O)N(C)c2ccccc2)cc1. The number of ketones is 1. The van der Waals surface area contributed by atoms with Crippen LogP contribution in [0.25, 0.3) is 0 Å². The number of nitrogens with one attached hydrogen (secondary N) is 1. The Kier molecular flexibility index (Phi) is 5.31. The third-order valence-electron chi connectivity index (χ3n) is 3.45. The van der Waals surface area contributed by atoms with E-state index in [1.807, 2.05) is 61.5 Å². The number of aryl methyl sites for hydroxylation is 1. The predicted octanol–water partition coefficient (Wildman–Crippen LogP) is 3.41. The van der Waals surface area contributed by atoms with Gasteiger partial charge in [-0.3, -0.25) is 9.69 Å². The third-order valence-corrected chi connectivity index (χ3v) is 3.45. The van der Waals surface area contributed by atoms with Crippen molar-refractivity contribution in [3.05, 3.63) is 65.7 Å². The summed E-state index contributed by atoms with van der Waals surface area (Å²) in [5.41, 5.74) is 2.61. The van der Waals surface area contributed by atoms with Crippen molar-refractivity contribution in [1.29, 1.82) is 0 Å². The van der Waals surface area contributed by atoms with E-state index in [0.717, 1.165) is 11.3 Å².